The average molecular weight is 301 g/mol. The predicted octanol–water partition coefficient (Wildman–Crippen LogP) is 3.59. The highest BCUT2D eigenvalue weighted by molar-refractivity contribution is 7.99. The van der Waals surface area contributed by atoms with E-state index in [1.807, 2.05) is 11.8 Å². The summed E-state index contributed by atoms with van der Waals surface area (Å²) in [6, 6.07) is 0. The fourth-order valence-corrected chi connectivity index (χ4v) is 4.61. The lowest BCUT2D eigenvalue weighted by Gasteiger charge is -2.41. The number of thioether (sulfide) groups is 1. The molecule has 4 heteroatoms. The van der Waals surface area contributed by atoms with Crippen LogP contribution in [0.15, 0.2) is 0 Å². The molecule has 1 N–H and O–H groups in total. The first-order valence-corrected chi connectivity index (χ1v) is 8.82. The molecule has 0 heterocycles. The third-order valence-corrected chi connectivity index (χ3v) is 6.36. The Morgan fingerprint density at radius 2 is 2.00 bits per heavy atom. The molecule has 1 aliphatic carbocycles. The van der Waals surface area contributed by atoms with Gasteiger partial charge in [0.25, 0.3) is 0 Å². The van der Waals surface area contributed by atoms with Crippen molar-refractivity contribution in [1.29, 1.82) is 0 Å². The summed E-state index contributed by atoms with van der Waals surface area (Å²) in [6.45, 7) is 7.94. The number of carboxylic acids is 1. The van der Waals surface area contributed by atoms with Gasteiger partial charge in [-0.1, -0.05) is 27.2 Å². The molecular formula is C16H31NO2S. The zero-order chi connectivity index (χ0) is 15.3. The molecule has 0 saturated heterocycles. The molecule has 0 aromatic carbocycles. The first-order valence-electron chi connectivity index (χ1n) is 7.77. The SMILES string of the molecule is CCC(C)(C)C1CCC(C(=O)O)C(SCCN(C)C)C1. The van der Waals surface area contributed by atoms with Crippen LogP contribution in [0.4, 0.5) is 0 Å². The molecule has 118 valence electrons. The lowest BCUT2D eigenvalue weighted by atomic mass is 9.67. The summed E-state index contributed by atoms with van der Waals surface area (Å²) in [7, 11) is 4.14. The van der Waals surface area contributed by atoms with Gasteiger partial charge in [0.2, 0.25) is 0 Å². The second kappa shape index (κ2) is 7.69. The Hall–Kier alpha value is -0.220. The van der Waals surface area contributed by atoms with Crippen LogP contribution in [0, 0.1) is 17.3 Å². The molecule has 0 bridgehead atoms. The molecule has 3 atom stereocenters. The number of nitrogens with zero attached hydrogens (tertiary/aromatic N) is 1. The molecule has 0 amide bonds. The third-order valence-electron chi connectivity index (χ3n) is 5.00. The third kappa shape index (κ3) is 4.96. The normalized spacial score (nSPS) is 27.8. The van der Waals surface area contributed by atoms with Gasteiger partial charge in [-0.15, -0.1) is 0 Å². The van der Waals surface area contributed by atoms with E-state index in [2.05, 4.69) is 39.8 Å². The standard InChI is InChI=1S/C16H31NO2S/c1-6-16(2,3)12-7-8-13(15(18)19)14(11-12)20-10-9-17(4)5/h12-14H,6-11H2,1-5H3,(H,18,19). The summed E-state index contributed by atoms with van der Waals surface area (Å²) in [5, 5.41) is 9.73. The summed E-state index contributed by atoms with van der Waals surface area (Å²) in [5.74, 6) is 0.951. The van der Waals surface area contributed by atoms with E-state index in [4.69, 9.17) is 0 Å². The topological polar surface area (TPSA) is 40.5 Å². The highest BCUT2D eigenvalue weighted by Gasteiger charge is 2.40. The van der Waals surface area contributed by atoms with Gasteiger partial charge < -0.3 is 10.0 Å². The number of carbonyl (C=O) groups is 1. The first kappa shape index (κ1) is 17.8. The Balaban J connectivity index is 2.64. The van der Waals surface area contributed by atoms with Crippen LogP contribution in [0.3, 0.4) is 0 Å². The molecule has 20 heavy (non-hydrogen) atoms. The largest absolute Gasteiger partial charge is 0.481 e. The van der Waals surface area contributed by atoms with Gasteiger partial charge in [0.15, 0.2) is 0 Å². The van der Waals surface area contributed by atoms with Crippen LogP contribution < -0.4 is 0 Å². The number of aliphatic carboxylic acids is 1. The van der Waals surface area contributed by atoms with Gasteiger partial charge in [-0.2, -0.15) is 11.8 Å². The summed E-state index contributed by atoms with van der Waals surface area (Å²) in [6.07, 6.45) is 4.16. The smallest absolute Gasteiger partial charge is 0.307 e. The van der Waals surface area contributed by atoms with Crippen molar-refractivity contribution in [2.75, 3.05) is 26.4 Å². The van der Waals surface area contributed by atoms with Gasteiger partial charge in [-0.05, 0) is 44.7 Å². The highest BCUT2D eigenvalue weighted by Crippen LogP contribution is 2.45. The van der Waals surface area contributed by atoms with Gasteiger partial charge in [-0.3, -0.25) is 4.79 Å². The van der Waals surface area contributed by atoms with Gasteiger partial charge >= 0.3 is 5.97 Å². The molecule has 0 radical (unpaired) electrons. The lowest BCUT2D eigenvalue weighted by molar-refractivity contribution is -0.143. The minimum atomic E-state index is -0.597. The van der Waals surface area contributed by atoms with Crippen molar-refractivity contribution in [3.05, 3.63) is 0 Å². The Morgan fingerprint density at radius 3 is 2.50 bits per heavy atom. The average Bonchev–Trinajstić information content (AvgIpc) is 2.37. The van der Waals surface area contributed by atoms with E-state index in [0.29, 0.717) is 11.3 Å². The van der Waals surface area contributed by atoms with Gasteiger partial charge in [0.1, 0.15) is 0 Å². The number of hydrogen-bond donors (Lipinski definition) is 1. The number of hydrogen-bond acceptors (Lipinski definition) is 3. The zero-order valence-electron chi connectivity index (χ0n) is 13.7. The summed E-state index contributed by atoms with van der Waals surface area (Å²) in [5.41, 5.74) is 0.337. The van der Waals surface area contributed by atoms with Crippen LogP contribution in [-0.4, -0.2) is 47.6 Å². The van der Waals surface area contributed by atoms with Gasteiger partial charge in [0.05, 0.1) is 5.92 Å². The Kier molecular flexibility index (Phi) is 6.86. The van der Waals surface area contributed by atoms with E-state index in [-0.39, 0.29) is 11.2 Å². The van der Waals surface area contributed by atoms with E-state index < -0.39 is 5.97 Å². The van der Waals surface area contributed by atoms with Crippen molar-refractivity contribution < 1.29 is 9.90 Å². The van der Waals surface area contributed by atoms with Crippen LogP contribution in [0.1, 0.15) is 46.5 Å². The summed E-state index contributed by atoms with van der Waals surface area (Å²) < 4.78 is 0. The minimum absolute atomic E-state index is 0.147. The minimum Gasteiger partial charge on any atom is -0.481 e. The van der Waals surface area contributed by atoms with Crippen LogP contribution in [-0.2, 0) is 4.79 Å². The van der Waals surface area contributed by atoms with Crippen LogP contribution in [0.2, 0.25) is 0 Å². The van der Waals surface area contributed by atoms with Crippen LogP contribution in [0.25, 0.3) is 0 Å². The molecule has 3 nitrogen and oxygen atoms in total. The fraction of sp³-hybridized carbons (Fsp3) is 0.938. The van der Waals surface area contributed by atoms with E-state index >= 15 is 0 Å². The quantitative estimate of drug-likeness (QED) is 0.780. The lowest BCUT2D eigenvalue weighted by Crippen LogP contribution is -2.38. The van der Waals surface area contributed by atoms with Crippen LogP contribution in [0.5, 0.6) is 0 Å². The Bertz CT molecular complexity index is 318. The molecule has 0 aromatic rings. The van der Waals surface area contributed by atoms with E-state index in [9.17, 15) is 9.90 Å². The second-order valence-corrected chi connectivity index (χ2v) is 8.36. The maximum Gasteiger partial charge on any atom is 0.307 e. The van der Waals surface area contributed by atoms with E-state index in [1.54, 1.807) is 0 Å². The highest BCUT2D eigenvalue weighted by atomic mass is 32.2. The van der Waals surface area contributed by atoms with Crippen molar-refractivity contribution in [2.45, 2.75) is 51.7 Å². The molecule has 0 spiro atoms. The van der Waals surface area contributed by atoms with E-state index in [1.165, 1.54) is 6.42 Å². The zero-order valence-corrected chi connectivity index (χ0v) is 14.5. The van der Waals surface area contributed by atoms with Crippen molar-refractivity contribution in [2.24, 2.45) is 17.3 Å². The summed E-state index contributed by atoms with van der Waals surface area (Å²) >= 11 is 1.87. The van der Waals surface area contributed by atoms with Crippen molar-refractivity contribution in [3.63, 3.8) is 0 Å². The first-order chi connectivity index (χ1) is 9.27. The molecule has 1 rings (SSSR count). The monoisotopic (exact) mass is 301 g/mol. The maximum absolute atomic E-state index is 11.5. The van der Waals surface area contributed by atoms with Gasteiger partial charge in [-0.25, -0.2) is 0 Å². The van der Waals surface area contributed by atoms with E-state index in [0.717, 1.165) is 31.6 Å². The molecule has 0 aromatic heterocycles. The molecule has 1 aliphatic rings. The van der Waals surface area contributed by atoms with Crippen molar-refractivity contribution >= 4 is 17.7 Å². The molecule has 0 aliphatic heterocycles. The van der Waals surface area contributed by atoms with Crippen LogP contribution >= 0.6 is 11.8 Å². The Morgan fingerprint density at radius 1 is 1.35 bits per heavy atom. The molecular weight excluding hydrogens is 270 g/mol. The summed E-state index contributed by atoms with van der Waals surface area (Å²) in [4.78, 5) is 13.6. The second-order valence-electron chi connectivity index (χ2n) is 7.01. The number of rotatable bonds is 7. The Labute approximate surface area is 128 Å². The van der Waals surface area contributed by atoms with Gasteiger partial charge in [0, 0.05) is 17.5 Å². The fourth-order valence-electron chi connectivity index (χ4n) is 2.98. The molecule has 1 fully saturated rings. The predicted molar refractivity (Wildman–Crippen MR) is 87.3 cm³/mol. The van der Waals surface area contributed by atoms with Crippen molar-refractivity contribution in [3.8, 4) is 0 Å². The van der Waals surface area contributed by atoms with Crippen molar-refractivity contribution in [1.82, 2.24) is 4.90 Å². The number of carboxylic acid groups (broad SMARTS) is 1. The molecule has 3 unspecified atom stereocenters. The maximum atomic E-state index is 11.5. The molecule has 1 saturated carbocycles.